The first-order chi connectivity index (χ1) is 8.85. The van der Waals surface area contributed by atoms with Gasteiger partial charge < -0.3 is 15.1 Å². The van der Waals surface area contributed by atoms with Gasteiger partial charge in [0.25, 0.3) is 0 Å². The van der Waals surface area contributed by atoms with Crippen molar-refractivity contribution in [1.82, 2.24) is 15.1 Å². The van der Waals surface area contributed by atoms with Crippen LogP contribution in [0.5, 0.6) is 0 Å². The van der Waals surface area contributed by atoms with Gasteiger partial charge in [-0.25, -0.2) is 8.42 Å². The molecule has 0 aromatic heterocycles. The topological polar surface area (TPSA) is 69.7 Å². The molecule has 1 atom stereocenters. The maximum atomic E-state index is 12.1. The average Bonchev–Trinajstić information content (AvgIpc) is 2.66. The zero-order valence-electron chi connectivity index (χ0n) is 12.1. The van der Waals surface area contributed by atoms with Gasteiger partial charge in [-0.1, -0.05) is 0 Å². The summed E-state index contributed by atoms with van der Waals surface area (Å²) in [4.78, 5) is 15.8. The number of carbonyl (C=O) groups excluding carboxylic acids is 1. The van der Waals surface area contributed by atoms with Crippen LogP contribution in [0.1, 0.15) is 13.3 Å². The van der Waals surface area contributed by atoms with Gasteiger partial charge in [0.05, 0.1) is 18.1 Å². The lowest BCUT2D eigenvalue weighted by Crippen LogP contribution is -2.45. The fourth-order valence-corrected chi connectivity index (χ4v) is 3.99. The van der Waals surface area contributed by atoms with Crippen molar-refractivity contribution in [1.29, 1.82) is 0 Å². The molecule has 0 aromatic rings. The van der Waals surface area contributed by atoms with E-state index in [0.29, 0.717) is 13.0 Å². The first-order valence-corrected chi connectivity index (χ1v) is 8.53. The van der Waals surface area contributed by atoms with E-state index < -0.39 is 9.84 Å². The Hall–Kier alpha value is -0.660. The number of hydrogen-bond acceptors (Lipinski definition) is 5. The van der Waals surface area contributed by atoms with E-state index in [1.807, 2.05) is 25.9 Å². The largest absolute Gasteiger partial charge is 0.338 e. The molecule has 1 heterocycles. The molecule has 1 unspecified atom stereocenters. The predicted molar refractivity (Wildman–Crippen MR) is 75.9 cm³/mol. The molecule has 0 spiro atoms. The van der Waals surface area contributed by atoms with Crippen LogP contribution < -0.4 is 5.32 Å². The fraction of sp³-hybridized carbons (Fsp3) is 0.917. The van der Waals surface area contributed by atoms with E-state index in [1.54, 1.807) is 4.90 Å². The molecular weight excluding hydrogens is 266 g/mol. The Morgan fingerprint density at radius 1 is 1.37 bits per heavy atom. The summed E-state index contributed by atoms with van der Waals surface area (Å²) in [5.41, 5.74) is 0. The monoisotopic (exact) mass is 291 g/mol. The van der Waals surface area contributed by atoms with Crippen LogP contribution in [0.2, 0.25) is 0 Å². The van der Waals surface area contributed by atoms with E-state index in [4.69, 9.17) is 0 Å². The Labute approximate surface area is 116 Å². The van der Waals surface area contributed by atoms with Crippen LogP contribution in [-0.4, -0.2) is 81.9 Å². The molecule has 1 N–H and O–H groups in total. The summed E-state index contributed by atoms with van der Waals surface area (Å²) in [6.07, 6.45) is 0.569. The average molecular weight is 291 g/mol. The van der Waals surface area contributed by atoms with Gasteiger partial charge in [0.15, 0.2) is 9.84 Å². The van der Waals surface area contributed by atoms with Gasteiger partial charge in [-0.3, -0.25) is 4.79 Å². The summed E-state index contributed by atoms with van der Waals surface area (Å²) >= 11 is 0. The number of sulfone groups is 1. The van der Waals surface area contributed by atoms with E-state index in [-0.39, 0.29) is 30.0 Å². The summed E-state index contributed by atoms with van der Waals surface area (Å²) < 4.78 is 22.9. The molecule has 0 aliphatic carbocycles. The van der Waals surface area contributed by atoms with Crippen LogP contribution >= 0.6 is 0 Å². The van der Waals surface area contributed by atoms with Crippen LogP contribution in [0.15, 0.2) is 0 Å². The first kappa shape index (κ1) is 16.4. The molecule has 0 bridgehead atoms. The molecule has 1 rings (SSSR count). The van der Waals surface area contributed by atoms with Gasteiger partial charge in [-0.2, -0.15) is 0 Å². The van der Waals surface area contributed by atoms with Crippen molar-refractivity contribution in [3.63, 3.8) is 0 Å². The van der Waals surface area contributed by atoms with Crippen molar-refractivity contribution in [3.8, 4) is 0 Å². The Kier molecular flexibility index (Phi) is 6.22. The highest BCUT2D eigenvalue weighted by Crippen LogP contribution is 2.17. The Morgan fingerprint density at radius 2 is 2.05 bits per heavy atom. The molecule has 1 amide bonds. The second kappa shape index (κ2) is 7.21. The lowest BCUT2D eigenvalue weighted by Gasteiger charge is -2.27. The minimum absolute atomic E-state index is 0.0108. The molecule has 6 nitrogen and oxygen atoms in total. The Morgan fingerprint density at radius 3 is 2.53 bits per heavy atom. The summed E-state index contributed by atoms with van der Waals surface area (Å²) in [5, 5.41) is 3.09. The molecular formula is C12H25N3O3S. The van der Waals surface area contributed by atoms with Crippen LogP contribution in [0, 0.1) is 0 Å². The van der Waals surface area contributed by atoms with Gasteiger partial charge in [-0.05, 0) is 27.4 Å². The number of likely N-dealkylation sites (N-methyl/N-ethyl adjacent to an activating group) is 2. The van der Waals surface area contributed by atoms with Crippen LogP contribution in [0.3, 0.4) is 0 Å². The molecule has 7 heteroatoms. The van der Waals surface area contributed by atoms with Gasteiger partial charge >= 0.3 is 0 Å². The van der Waals surface area contributed by atoms with Crippen molar-refractivity contribution in [2.24, 2.45) is 0 Å². The maximum absolute atomic E-state index is 12.1. The van der Waals surface area contributed by atoms with E-state index in [1.165, 1.54) is 0 Å². The van der Waals surface area contributed by atoms with Crippen molar-refractivity contribution in [2.45, 2.75) is 19.4 Å². The van der Waals surface area contributed by atoms with Crippen molar-refractivity contribution in [2.75, 3.05) is 51.8 Å². The number of nitrogens with one attached hydrogen (secondary N) is 1. The summed E-state index contributed by atoms with van der Waals surface area (Å²) in [6, 6.07) is -0.141. The third-order valence-electron chi connectivity index (χ3n) is 3.32. The van der Waals surface area contributed by atoms with Gasteiger partial charge in [-0.15, -0.1) is 0 Å². The predicted octanol–water partition coefficient (Wildman–Crippen LogP) is -0.827. The second-order valence-corrected chi connectivity index (χ2v) is 7.45. The normalized spacial score (nSPS) is 21.8. The molecule has 19 heavy (non-hydrogen) atoms. The highest BCUT2D eigenvalue weighted by atomic mass is 32.2. The van der Waals surface area contributed by atoms with E-state index in [2.05, 4.69) is 5.32 Å². The minimum Gasteiger partial charge on any atom is -0.338 e. The van der Waals surface area contributed by atoms with E-state index in [0.717, 1.165) is 13.1 Å². The lowest BCUT2D eigenvalue weighted by atomic mass is 10.2. The molecule has 0 aromatic carbocycles. The SMILES string of the molecule is CCN(C(=O)CNCCN(C)C)C1CCS(=O)(=O)C1. The number of hydrogen-bond donors (Lipinski definition) is 1. The zero-order valence-corrected chi connectivity index (χ0v) is 12.9. The number of carbonyl (C=O) groups is 1. The Bertz CT molecular complexity index is 395. The number of rotatable bonds is 7. The lowest BCUT2D eigenvalue weighted by molar-refractivity contribution is -0.131. The van der Waals surface area contributed by atoms with Gasteiger partial charge in [0.2, 0.25) is 5.91 Å². The van der Waals surface area contributed by atoms with Crippen LogP contribution in [0.25, 0.3) is 0 Å². The highest BCUT2D eigenvalue weighted by Gasteiger charge is 2.33. The quantitative estimate of drug-likeness (QED) is 0.620. The van der Waals surface area contributed by atoms with Crippen molar-refractivity contribution in [3.05, 3.63) is 0 Å². The molecule has 112 valence electrons. The zero-order chi connectivity index (χ0) is 14.5. The first-order valence-electron chi connectivity index (χ1n) is 6.71. The van der Waals surface area contributed by atoms with Gasteiger partial charge in [0, 0.05) is 25.7 Å². The number of amides is 1. The molecule has 0 radical (unpaired) electrons. The summed E-state index contributed by atoms with van der Waals surface area (Å²) in [7, 11) is 1.01. The molecule has 0 saturated carbocycles. The summed E-state index contributed by atoms with van der Waals surface area (Å²) in [6.45, 7) is 4.35. The van der Waals surface area contributed by atoms with E-state index in [9.17, 15) is 13.2 Å². The minimum atomic E-state index is -2.94. The van der Waals surface area contributed by atoms with Crippen LogP contribution in [0.4, 0.5) is 0 Å². The molecule has 1 aliphatic rings. The smallest absolute Gasteiger partial charge is 0.236 e. The molecule has 1 aliphatic heterocycles. The number of nitrogens with zero attached hydrogens (tertiary/aromatic N) is 2. The van der Waals surface area contributed by atoms with Crippen molar-refractivity contribution < 1.29 is 13.2 Å². The maximum Gasteiger partial charge on any atom is 0.236 e. The second-order valence-electron chi connectivity index (χ2n) is 5.22. The third kappa shape index (κ3) is 5.46. The standard InChI is InChI=1S/C12H25N3O3S/c1-4-15(11-5-8-19(17,18)10-11)12(16)9-13-6-7-14(2)3/h11,13H,4-10H2,1-3H3. The summed E-state index contributed by atoms with van der Waals surface area (Å²) in [5.74, 6) is 0.308. The van der Waals surface area contributed by atoms with Gasteiger partial charge in [0.1, 0.15) is 0 Å². The van der Waals surface area contributed by atoms with E-state index >= 15 is 0 Å². The Balaban J connectivity index is 2.40. The molecule has 1 fully saturated rings. The molecule has 1 saturated heterocycles. The fourth-order valence-electron chi connectivity index (χ4n) is 2.26. The van der Waals surface area contributed by atoms with Crippen LogP contribution in [-0.2, 0) is 14.6 Å². The van der Waals surface area contributed by atoms with Crippen molar-refractivity contribution >= 4 is 15.7 Å². The third-order valence-corrected chi connectivity index (χ3v) is 5.07. The highest BCUT2D eigenvalue weighted by molar-refractivity contribution is 7.91.